The summed E-state index contributed by atoms with van der Waals surface area (Å²) in [6.45, 7) is 7.23. The minimum atomic E-state index is 0.148. The topological polar surface area (TPSA) is 32.3 Å². The first-order valence-corrected chi connectivity index (χ1v) is 10.1. The van der Waals surface area contributed by atoms with Gasteiger partial charge in [0, 0.05) is 18.9 Å². The number of carbonyl (C=O) groups excluding carboxylic acids is 1. The maximum Gasteiger partial charge on any atom is 0.220 e. The van der Waals surface area contributed by atoms with Crippen LogP contribution in [0.5, 0.6) is 0 Å². The third-order valence-corrected chi connectivity index (χ3v) is 7.23. The maximum absolute atomic E-state index is 12.7. The standard InChI is InChI=1S/C22H32N2O/c1-17(25)24-16-22(12-14-23-15-13-22)19-9-5-4-8-18(19)20(24)21(2)10-6-3-7-11-21/h4-5,8-9,20,23H,3,6-7,10-16H2,1-2H3. The number of nitrogens with zero attached hydrogens (tertiary/aromatic N) is 1. The monoisotopic (exact) mass is 340 g/mol. The highest BCUT2D eigenvalue weighted by Gasteiger charge is 2.50. The van der Waals surface area contributed by atoms with Crippen LogP contribution in [0.3, 0.4) is 0 Å². The van der Waals surface area contributed by atoms with Crippen molar-refractivity contribution in [2.75, 3.05) is 19.6 Å². The van der Waals surface area contributed by atoms with E-state index in [1.165, 1.54) is 43.2 Å². The zero-order valence-corrected chi connectivity index (χ0v) is 15.8. The molecule has 1 aliphatic carbocycles. The summed E-state index contributed by atoms with van der Waals surface area (Å²) in [6.07, 6.45) is 8.70. The van der Waals surface area contributed by atoms with E-state index in [-0.39, 0.29) is 22.8 Å². The second-order valence-corrected chi connectivity index (χ2v) is 8.88. The van der Waals surface area contributed by atoms with Crippen LogP contribution in [0.25, 0.3) is 0 Å². The Morgan fingerprint density at radius 1 is 1.08 bits per heavy atom. The molecule has 1 spiro atoms. The first-order valence-electron chi connectivity index (χ1n) is 10.1. The molecule has 1 amide bonds. The Morgan fingerprint density at radius 2 is 1.76 bits per heavy atom. The first kappa shape index (κ1) is 17.1. The van der Waals surface area contributed by atoms with Crippen molar-refractivity contribution in [2.24, 2.45) is 5.41 Å². The minimum absolute atomic E-state index is 0.148. The SMILES string of the molecule is CC(=O)N1CC2(CCNCC2)c2ccccc2C1C1(C)CCCCC1. The lowest BCUT2D eigenvalue weighted by Crippen LogP contribution is -2.56. The van der Waals surface area contributed by atoms with Gasteiger partial charge in [-0.1, -0.05) is 50.5 Å². The molecule has 1 N–H and O–H groups in total. The molecule has 2 aliphatic heterocycles. The average Bonchev–Trinajstić information content (AvgIpc) is 2.63. The van der Waals surface area contributed by atoms with Crippen molar-refractivity contribution in [3.8, 4) is 0 Å². The molecule has 0 aromatic heterocycles. The van der Waals surface area contributed by atoms with Gasteiger partial charge in [-0.2, -0.15) is 0 Å². The summed E-state index contributed by atoms with van der Waals surface area (Å²) in [5.74, 6) is 0.254. The molecular weight excluding hydrogens is 308 g/mol. The number of hydrogen-bond acceptors (Lipinski definition) is 2. The number of piperidine rings is 1. The number of carbonyl (C=O) groups is 1. The fourth-order valence-corrected chi connectivity index (χ4v) is 5.90. The van der Waals surface area contributed by atoms with Gasteiger partial charge in [0.05, 0.1) is 6.04 Å². The molecule has 3 heteroatoms. The lowest BCUT2D eigenvalue weighted by atomic mass is 9.61. The molecular formula is C22H32N2O. The Morgan fingerprint density at radius 3 is 2.44 bits per heavy atom. The predicted molar refractivity (Wildman–Crippen MR) is 102 cm³/mol. The lowest BCUT2D eigenvalue weighted by Gasteiger charge is -2.55. The molecule has 3 nitrogen and oxygen atoms in total. The van der Waals surface area contributed by atoms with E-state index in [0.717, 1.165) is 32.5 Å². The summed E-state index contributed by atoms with van der Waals surface area (Å²) >= 11 is 0. The summed E-state index contributed by atoms with van der Waals surface area (Å²) in [6, 6.07) is 9.31. The number of amides is 1. The molecule has 2 heterocycles. The Labute approximate surface area is 152 Å². The summed E-state index contributed by atoms with van der Waals surface area (Å²) < 4.78 is 0. The highest BCUT2D eigenvalue weighted by Crippen LogP contribution is 2.54. The van der Waals surface area contributed by atoms with Crippen LogP contribution in [-0.2, 0) is 10.2 Å². The number of hydrogen-bond donors (Lipinski definition) is 1. The van der Waals surface area contributed by atoms with Gasteiger partial charge < -0.3 is 10.2 Å². The second-order valence-electron chi connectivity index (χ2n) is 8.88. The third-order valence-electron chi connectivity index (χ3n) is 7.23. The fraction of sp³-hybridized carbons (Fsp3) is 0.682. The summed E-state index contributed by atoms with van der Waals surface area (Å²) in [7, 11) is 0. The van der Waals surface area contributed by atoms with Crippen molar-refractivity contribution in [2.45, 2.75) is 70.3 Å². The predicted octanol–water partition coefficient (Wildman–Crippen LogP) is 4.18. The Kier molecular flexibility index (Phi) is 4.39. The normalized spacial score (nSPS) is 27.8. The molecule has 136 valence electrons. The van der Waals surface area contributed by atoms with Crippen LogP contribution in [0.1, 0.15) is 76.0 Å². The molecule has 0 radical (unpaired) electrons. The van der Waals surface area contributed by atoms with Gasteiger partial charge in [-0.05, 0) is 55.3 Å². The van der Waals surface area contributed by atoms with Crippen LogP contribution in [0.15, 0.2) is 24.3 Å². The Balaban J connectivity index is 1.84. The Hall–Kier alpha value is -1.35. The van der Waals surface area contributed by atoms with Crippen molar-refractivity contribution in [1.29, 1.82) is 0 Å². The Bertz CT molecular complexity index is 641. The molecule has 4 rings (SSSR count). The van der Waals surface area contributed by atoms with Gasteiger partial charge in [0.25, 0.3) is 0 Å². The molecule has 25 heavy (non-hydrogen) atoms. The maximum atomic E-state index is 12.7. The molecule has 1 unspecified atom stereocenters. The zero-order valence-electron chi connectivity index (χ0n) is 15.8. The lowest BCUT2D eigenvalue weighted by molar-refractivity contribution is -0.138. The summed E-state index contributed by atoms with van der Waals surface area (Å²) in [5, 5.41) is 3.51. The molecule has 2 fully saturated rings. The summed E-state index contributed by atoms with van der Waals surface area (Å²) in [4.78, 5) is 15.0. The van der Waals surface area contributed by atoms with Crippen LogP contribution in [-0.4, -0.2) is 30.4 Å². The quantitative estimate of drug-likeness (QED) is 0.832. The van der Waals surface area contributed by atoms with Gasteiger partial charge >= 0.3 is 0 Å². The van der Waals surface area contributed by atoms with Crippen LogP contribution in [0.4, 0.5) is 0 Å². The van der Waals surface area contributed by atoms with Crippen LogP contribution in [0.2, 0.25) is 0 Å². The first-order chi connectivity index (χ1) is 12.1. The van der Waals surface area contributed by atoms with E-state index >= 15 is 0 Å². The molecule has 1 saturated carbocycles. The number of nitrogens with one attached hydrogen (secondary N) is 1. The van der Waals surface area contributed by atoms with E-state index in [1.807, 2.05) is 0 Å². The zero-order chi connectivity index (χ0) is 17.5. The van der Waals surface area contributed by atoms with Crippen LogP contribution < -0.4 is 5.32 Å². The van der Waals surface area contributed by atoms with Crippen LogP contribution >= 0.6 is 0 Å². The van der Waals surface area contributed by atoms with Gasteiger partial charge in [-0.25, -0.2) is 0 Å². The number of fused-ring (bicyclic) bond motifs is 2. The van der Waals surface area contributed by atoms with Crippen molar-refractivity contribution in [3.05, 3.63) is 35.4 Å². The molecule has 1 aromatic rings. The van der Waals surface area contributed by atoms with Crippen LogP contribution in [0, 0.1) is 5.41 Å². The van der Waals surface area contributed by atoms with E-state index in [1.54, 1.807) is 6.92 Å². The van der Waals surface area contributed by atoms with Crippen molar-refractivity contribution in [3.63, 3.8) is 0 Å². The van der Waals surface area contributed by atoms with Gasteiger partial charge in [0.1, 0.15) is 0 Å². The number of rotatable bonds is 1. The van der Waals surface area contributed by atoms with Gasteiger partial charge in [-0.3, -0.25) is 4.79 Å². The third kappa shape index (κ3) is 2.81. The van der Waals surface area contributed by atoms with Crippen molar-refractivity contribution in [1.82, 2.24) is 10.2 Å². The fourth-order valence-electron chi connectivity index (χ4n) is 5.90. The smallest absolute Gasteiger partial charge is 0.220 e. The van der Waals surface area contributed by atoms with Crippen molar-refractivity contribution < 1.29 is 4.79 Å². The van der Waals surface area contributed by atoms with E-state index < -0.39 is 0 Å². The van der Waals surface area contributed by atoms with E-state index in [2.05, 4.69) is 41.4 Å². The second kappa shape index (κ2) is 6.42. The van der Waals surface area contributed by atoms with E-state index in [9.17, 15) is 4.79 Å². The summed E-state index contributed by atoms with van der Waals surface area (Å²) in [5.41, 5.74) is 3.34. The van der Waals surface area contributed by atoms with Gasteiger partial charge in [0.15, 0.2) is 0 Å². The molecule has 1 saturated heterocycles. The van der Waals surface area contributed by atoms with Gasteiger partial charge in [0.2, 0.25) is 5.91 Å². The average molecular weight is 341 g/mol. The molecule has 3 aliphatic rings. The molecule has 0 bridgehead atoms. The largest absolute Gasteiger partial charge is 0.334 e. The number of benzene rings is 1. The van der Waals surface area contributed by atoms with E-state index in [4.69, 9.17) is 0 Å². The van der Waals surface area contributed by atoms with Crippen molar-refractivity contribution >= 4 is 5.91 Å². The minimum Gasteiger partial charge on any atom is -0.334 e. The van der Waals surface area contributed by atoms with Gasteiger partial charge in [-0.15, -0.1) is 0 Å². The highest BCUT2D eigenvalue weighted by molar-refractivity contribution is 5.75. The molecule has 1 aromatic carbocycles. The van der Waals surface area contributed by atoms with E-state index in [0.29, 0.717) is 0 Å². The molecule has 1 atom stereocenters. The highest BCUT2D eigenvalue weighted by atomic mass is 16.2.